The van der Waals surface area contributed by atoms with Crippen LogP contribution in [-0.2, 0) is 9.47 Å². The molecule has 222 valence electrons. The van der Waals surface area contributed by atoms with E-state index in [1.54, 1.807) is 19.2 Å². The molecular weight excluding hydrogens is 561 g/mol. The lowest BCUT2D eigenvalue weighted by Crippen LogP contribution is -2.47. The van der Waals surface area contributed by atoms with Gasteiger partial charge in [-0.1, -0.05) is 36.6 Å². The van der Waals surface area contributed by atoms with Gasteiger partial charge in [-0.2, -0.15) is 0 Å². The highest BCUT2D eigenvalue weighted by Gasteiger charge is 2.34. The molecule has 0 bridgehead atoms. The minimum atomic E-state index is -0.498. The van der Waals surface area contributed by atoms with Crippen LogP contribution in [0.4, 0.5) is 20.6 Å². The fraction of sp³-hybridized carbons (Fsp3) is 0.533. The SMILES string of the molecule is COC(C)(C)/C=C\C1=C(C)N=C(C)C(C(=S)NC[C@H]2CN(c3ccc(N4CCN(C(C)=S)CC4)c(F)c3)C(=O)O2)C1. The van der Waals surface area contributed by atoms with Gasteiger partial charge in [0, 0.05) is 44.7 Å². The van der Waals surface area contributed by atoms with E-state index >= 15 is 4.39 Å². The van der Waals surface area contributed by atoms with E-state index in [1.165, 1.54) is 11.0 Å². The molecule has 8 nitrogen and oxygen atoms in total. The van der Waals surface area contributed by atoms with Crippen LogP contribution < -0.4 is 15.1 Å². The first-order chi connectivity index (χ1) is 19.4. The zero-order chi connectivity index (χ0) is 29.9. The van der Waals surface area contributed by atoms with Gasteiger partial charge in [-0.15, -0.1) is 0 Å². The second-order valence-corrected chi connectivity index (χ2v) is 12.3. The lowest BCUT2D eigenvalue weighted by molar-refractivity contribution is 0.0655. The number of hydrogen-bond donors (Lipinski definition) is 1. The number of thiocarbonyl (C=S) groups is 2. The third-order valence-electron chi connectivity index (χ3n) is 7.95. The fourth-order valence-electron chi connectivity index (χ4n) is 5.13. The summed E-state index contributed by atoms with van der Waals surface area (Å²) in [5.41, 5.74) is 3.65. The normalized spacial score (nSPS) is 21.9. The predicted octanol–water partition coefficient (Wildman–Crippen LogP) is 5.27. The summed E-state index contributed by atoms with van der Waals surface area (Å²) in [5.74, 6) is -0.414. The first-order valence-electron chi connectivity index (χ1n) is 13.9. The standard InChI is InChI=1S/C30H40FN5O3S2/c1-19-22(9-10-30(4,5)38-6)15-25(20(2)33-19)28(41)32-17-24-18-36(29(37)39-24)23-7-8-27(26(31)16-23)35-13-11-34(12-14-35)21(3)40/h7-10,16,24-25H,11-15,17-18H2,1-6H3,(H,32,41)/b10-9-/t24-,25?/m0/s1. The maximum absolute atomic E-state index is 15.1. The molecule has 4 rings (SSSR count). The lowest BCUT2D eigenvalue weighted by Gasteiger charge is -2.37. The number of carbonyl (C=O) groups excluding carboxylic acids is 1. The van der Waals surface area contributed by atoms with E-state index in [4.69, 9.17) is 38.9 Å². The number of hydrogen-bond acceptors (Lipinski definition) is 7. The number of allylic oxidation sites excluding steroid dienone is 3. The smallest absolute Gasteiger partial charge is 0.414 e. The highest BCUT2D eigenvalue weighted by atomic mass is 32.1. The Hall–Kier alpha value is -2.89. The van der Waals surface area contributed by atoms with Crippen molar-refractivity contribution in [2.24, 2.45) is 10.9 Å². The van der Waals surface area contributed by atoms with E-state index in [-0.39, 0.29) is 17.3 Å². The Labute approximate surface area is 253 Å². The number of halogens is 1. The van der Waals surface area contributed by atoms with Crippen molar-refractivity contribution in [2.75, 3.05) is 56.2 Å². The molecule has 0 radical (unpaired) electrons. The van der Waals surface area contributed by atoms with Gasteiger partial charge in [-0.3, -0.25) is 9.89 Å². The number of piperazine rings is 1. The third-order valence-corrected chi connectivity index (χ3v) is 8.64. The number of anilines is 2. The summed E-state index contributed by atoms with van der Waals surface area (Å²) in [7, 11) is 1.69. The van der Waals surface area contributed by atoms with Gasteiger partial charge in [0.2, 0.25) is 0 Å². The summed E-state index contributed by atoms with van der Waals surface area (Å²) in [6.45, 7) is 13.5. The first-order valence-corrected chi connectivity index (χ1v) is 14.8. The molecule has 3 aliphatic rings. The molecule has 0 aliphatic carbocycles. The molecule has 0 saturated carbocycles. The number of carbonyl (C=O) groups is 1. The Bertz CT molecular complexity index is 1290. The Morgan fingerprint density at radius 1 is 1.24 bits per heavy atom. The number of nitrogens with one attached hydrogen (secondary N) is 1. The van der Waals surface area contributed by atoms with Gasteiger partial charge in [-0.25, -0.2) is 9.18 Å². The predicted molar refractivity (Wildman–Crippen MR) is 171 cm³/mol. The summed E-state index contributed by atoms with van der Waals surface area (Å²) < 4.78 is 26.2. The minimum absolute atomic E-state index is 0.0522. The highest BCUT2D eigenvalue weighted by Crippen LogP contribution is 2.30. The average Bonchev–Trinajstić information content (AvgIpc) is 3.31. The fourth-order valence-corrected chi connectivity index (χ4v) is 5.65. The number of nitrogens with zero attached hydrogens (tertiary/aromatic N) is 4. The van der Waals surface area contributed by atoms with Crippen molar-refractivity contribution >= 4 is 57.6 Å². The number of ether oxygens (including phenoxy) is 2. The Morgan fingerprint density at radius 3 is 2.59 bits per heavy atom. The van der Waals surface area contributed by atoms with Crippen molar-refractivity contribution in [1.29, 1.82) is 0 Å². The molecule has 3 heterocycles. The van der Waals surface area contributed by atoms with Gasteiger partial charge < -0.3 is 24.6 Å². The maximum atomic E-state index is 15.1. The van der Waals surface area contributed by atoms with Crippen LogP contribution in [0.3, 0.4) is 0 Å². The van der Waals surface area contributed by atoms with Crippen LogP contribution in [0.5, 0.6) is 0 Å². The number of aliphatic imine (C=N–C) groups is 1. The number of methoxy groups -OCH3 is 1. The van der Waals surface area contributed by atoms with E-state index in [0.29, 0.717) is 42.5 Å². The lowest BCUT2D eigenvalue weighted by atomic mass is 9.90. The highest BCUT2D eigenvalue weighted by molar-refractivity contribution is 7.80. The Kier molecular flexibility index (Phi) is 9.81. The zero-order valence-corrected chi connectivity index (χ0v) is 26.3. The molecule has 41 heavy (non-hydrogen) atoms. The van der Waals surface area contributed by atoms with Crippen LogP contribution in [-0.4, -0.2) is 84.8 Å². The number of amides is 1. The van der Waals surface area contributed by atoms with Crippen LogP contribution >= 0.6 is 24.4 Å². The molecule has 1 aromatic carbocycles. The van der Waals surface area contributed by atoms with E-state index in [0.717, 1.165) is 41.5 Å². The monoisotopic (exact) mass is 601 g/mol. The number of cyclic esters (lactones) is 1. The van der Waals surface area contributed by atoms with Crippen molar-refractivity contribution in [3.63, 3.8) is 0 Å². The molecule has 11 heteroatoms. The van der Waals surface area contributed by atoms with E-state index in [2.05, 4.69) is 16.3 Å². The van der Waals surface area contributed by atoms with Crippen molar-refractivity contribution in [3.8, 4) is 0 Å². The van der Waals surface area contributed by atoms with Crippen molar-refractivity contribution in [1.82, 2.24) is 10.2 Å². The molecule has 2 fully saturated rings. The molecular formula is C30H40FN5O3S2. The van der Waals surface area contributed by atoms with Gasteiger partial charge in [0.1, 0.15) is 11.9 Å². The molecule has 1 N–H and O–H groups in total. The van der Waals surface area contributed by atoms with E-state index < -0.39 is 12.2 Å². The molecule has 1 amide bonds. The average molecular weight is 602 g/mol. The number of rotatable bonds is 8. The van der Waals surface area contributed by atoms with Gasteiger partial charge in [0.25, 0.3) is 0 Å². The van der Waals surface area contributed by atoms with Crippen LogP contribution in [0.1, 0.15) is 41.0 Å². The molecule has 2 saturated heterocycles. The molecule has 2 atom stereocenters. The van der Waals surface area contributed by atoms with Gasteiger partial charge in [0.05, 0.1) is 46.0 Å². The van der Waals surface area contributed by atoms with Crippen molar-refractivity contribution in [2.45, 2.75) is 52.7 Å². The minimum Gasteiger partial charge on any atom is -0.442 e. The molecule has 1 unspecified atom stereocenters. The summed E-state index contributed by atoms with van der Waals surface area (Å²) in [6.07, 6.45) is 3.90. The second-order valence-electron chi connectivity index (χ2n) is 11.3. The quantitative estimate of drug-likeness (QED) is 0.404. The topological polar surface area (TPSA) is 69.6 Å². The van der Waals surface area contributed by atoms with Crippen molar-refractivity contribution in [3.05, 3.63) is 47.4 Å². The van der Waals surface area contributed by atoms with E-state index in [1.807, 2.05) is 45.6 Å². The molecule has 0 spiro atoms. The van der Waals surface area contributed by atoms with Crippen LogP contribution in [0.2, 0.25) is 0 Å². The summed E-state index contributed by atoms with van der Waals surface area (Å²) in [6, 6.07) is 4.91. The Balaban J connectivity index is 1.33. The summed E-state index contributed by atoms with van der Waals surface area (Å²) in [5, 5.41) is 3.29. The van der Waals surface area contributed by atoms with Gasteiger partial charge in [0.15, 0.2) is 0 Å². The van der Waals surface area contributed by atoms with Crippen LogP contribution in [0, 0.1) is 11.7 Å². The van der Waals surface area contributed by atoms with Gasteiger partial charge in [-0.05, 0) is 64.8 Å². The molecule has 1 aromatic rings. The maximum Gasteiger partial charge on any atom is 0.414 e. The second kappa shape index (κ2) is 13.0. The van der Waals surface area contributed by atoms with Gasteiger partial charge >= 0.3 is 6.09 Å². The van der Waals surface area contributed by atoms with Crippen LogP contribution in [0.15, 0.2) is 46.6 Å². The largest absolute Gasteiger partial charge is 0.442 e. The summed E-state index contributed by atoms with van der Waals surface area (Å²) >= 11 is 11.0. The molecule has 3 aliphatic heterocycles. The van der Waals surface area contributed by atoms with E-state index in [9.17, 15) is 4.79 Å². The Morgan fingerprint density at radius 2 is 1.95 bits per heavy atom. The zero-order valence-electron chi connectivity index (χ0n) is 24.7. The third kappa shape index (κ3) is 7.50. The number of benzene rings is 1. The van der Waals surface area contributed by atoms with Crippen LogP contribution in [0.25, 0.3) is 0 Å². The first kappa shape index (κ1) is 31.1. The molecule has 0 aromatic heterocycles. The summed E-state index contributed by atoms with van der Waals surface area (Å²) in [4.78, 5) is 24.5. The van der Waals surface area contributed by atoms with Crippen molar-refractivity contribution < 1.29 is 18.7 Å².